The van der Waals surface area contributed by atoms with Crippen LogP contribution in [0.1, 0.15) is 51.9 Å². The second-order valence-electron chi connectivity index (χ2n) is 8.50. The van der Waals surface area contributed by atoms with E-state index in [0.717, 1.165) is 23.2 Å². The van der Waals surface area contributed by atoms with Crippen molar-refractivity contribution in [1.29, 1.82) is 0 Å². The van der Waals surface area contributed by atoms with Gasteiger partial charge in [-0.3, -0.25) is 4.79 Å². The second-order valence-corrected chi connectivity index (χ2v) is 8.50. The Hall–Kier alpha value is -4.27. The first-order chi connectivity index (χ1) is 17.6. The van der Waals surface area contributed by atoms with Crippen molar-refractivity contribution >= 4 is 34.2 Å². The smallest absolute Gasteiger partial charge is 0.416 e. The zero-order chi connectivity index (χ0) is 26.7. The third-order valence-electron chi connectivity index (χ3n) is 6.14. The number of methoxy groups -OCH3 is 1. The summed E-state index contributed by atoms with van der Waals surface area (Å²) in [6, 6.07) is 18.5. The first-order valence-corrected chi connectivity index (χ1v) is 11.7. The first kappa shape index (κ1) is 25.8. The molecule has 0 aliphatic heterocycles. The molecule has 4 aromatic rings. The minimum absolute atomic E-state index is 0.217. The number of alkyl halides is 3. The number of aromatic nitrogens is 1. The maximum atomic E-state index is 13.6. The highest BCUT2D eigenvalue weighted by Crippen LogP contribution is 2.36. The molecule has 1 heterocycles. The molecule has 192 valence electrons. The molecule has 1 atom stereocenters. The minimum atomic E-state index is -4.49. The summed E-state index contributed by atoms with van der Waals surface area (Å²) in [6.45, 7) is 4.17. The summed E-state index contributed by atoms with van der Waals surface area (Å²) in [5.74, 6) is -0.849. The monoisotopic (exact) mass is 509 g/mol. The molecule has 3 aromatic carbocycles. The van der Waals surface area contributed by atoms with Crippen LogP contribution in [-0.4, -0.2) is 23.6 Å². The van der Waals surface area contributed by atoms with Crippen molar-refractivity contribution in [2.75, 3.05) is 12.4 Å². The number of nitrogens with zero attached hydrogens (tertiary/aromatic N) is 1. The van der Waals surface area contributed by atoms with Gasteiger partial charge in [0.05, 0.1) is 35.5 Å². The predicted octanol–water partition coefficient (Wildman–Crippen LogP) is 6.70. The van der Waals surface area contributed by atoms with Gasteiger partial charge < -0.3 is 19.9 Å². The van der Waals surface area contributed by atoms with E-state index in [1.165, 1.54) is 19.2 Å². The molecule has 1 aromatic heterocycles. The molecule has 0 saturated carbocycles. The molecule has 37 heavy (non-hydrogen) atoms. The van der Waals surface area contributed by atoms with Crippen LogP contribution in [0.4, 0.5) is 24.5 Å². The van der Waals surface area contributed by atoms with Gasteiger partial charge in [0.2, 0.25) is 0 Å². The van der Waals surface area contributed by atoms with E-state index < -0.39 is 29.7 Å². The predicted molar refractivity (Wildman–Crippen MR) is 136 cm³/mol. The SMILES string of the molecule is CCn1c(C(=O)N[C@@H](C)c2ccc(C(=O)OC)cc2)c(Nc2cccc(C(F)(F)F)c2)c2ccccc21. The number of carbonyl (C=O) groups excluding carboxylic acids is 2. The Balaban J connectivity index is 1.71. The maximum Gasteiger partial charge on any atom is 0.416 e. The highest BCUT2D eigenvalue weighted by atomic mass is 19.4. The van der Waals surface area contributed by atoms with Crippen LogP contribution in [0.25, 0.3) is 10.9 Å². The highest BCUT2D eigenvalue weighted by molar-refractivity contribution is 6.10. The average Bonchev–Trinajstić information content (AvgIpc) is 3.21. The van der Waals surface area contributed by atoms with E-state index in [-0.39, 0.29) is 5.69 Å². The van der Waals surface area contributed by atoms with E-state index in [4.69, 9.17) is 4.74 Å². The van der Waals surface area contributed by atoms with Gasteiger partial charge in [-0.05, 0) is 55.8 Å². The van der Waals surface area contributed by atoms with Crippen molar-refractivity contribution in [3.8, 4) is 0 Å². The van der Waals surface area contributed by atoms with E-state index in [1.54, 1.807) is 24.3 Å². The molecule has 4 rings (SSSR count). The van der Waals surface area contributed by atoms with E-state index in [1.807, 2.05) is 42.7 Å². The maximum absolute atomic E-state index is 13.6. The fraction of sp³-hybridized carbons (Fsp3) is 0.214. The largest absolute Gasteiger partial charge is 0.465 e. The van der Waals surface area contributed by atoms with Crippen LogP contribution in [0, 0.1) is 0 Å². The molecule has 0 unspecified atom stereocenters. The number of fused-ring (bicyclic) bond motifs is 1. The topological polar surface area (TPSA) is 72.4 Å². The zero-order valence-corrected chi connectivity index (χ0v) is 20.5. The standard InChI is InChI=1S/C28H26F3N3O3/c1-4-34-23-11-6-5-10-22(23)24(33-21-9-7-8-20(16-21)28(29,30)31)25(34)26(35)32-17(2)18-12-14-19(15-13-18)27(36)37-3/h5-17,33H,4H2,1-3H3,(H,32,35)/t17-/m0/s1. The fourth-order valence-corrected chi connectivity index (χ4v) is 4.29. The Morgan fingerprint density at radius 2 is 1.70 bits per heavy atom. The molecule has 0 aliphatic rings. The lowest BCUT2D eigenvalue weighted by molar-refractivity contribution is -0.137. The third kappa shape index (κ3) is 5.30. The molecule has 0 aliphatic carbocycles. The number of hydrogen-bond acceptors (Lipinski definition) is 4. The van der Waals surface area contributed by atoms with Crippen LogP contribution in [0.3, 0.4) is 0 Å². The van der Waals surface area contributed by atoms with Crippen molar-refractivity contribution in [3.63, 3.8) is 0 Å². The lowest BCUT2D eigenvalue weighted by Crippen LogP contribution is -2.29. The van der Waals surface area contributed by atoms with Crippen LogP contribution in [0.15, 0.2) is 72.8 Å². The van der Waals surface area contributed by atoms with Crippen LogP contribution < -0.4 is 10.6 Å². The third-order valence-corrected chi connectivity index (χ3v) is 6.14. The quantitative estimate of drug-likeness (QED) is 0.272. The lowest BCUT2D eigenvalue weighted by Gasteiger charge is -2.17. The molecule has 2 N–H and O–H groups in total. The molecule has 0 radical (unpaired) electrons. The van der Waals surface area contributed by atoms with Crippen LogP contribution in [0.5, 0.6) is 0 Å². The van der Waals surface area contributed by atoms with E-state index >= 15 is 0 Å². The normalized spacial score (nSPS) is 12.3. The van der Waals surface area contributed by atoms with Gasteiger partial charge >= 0.3 is 12.1 Å². The zero-order valence-electron chi connectivity index (χ0n) is 20.5. The molecule has 0 bridgehead atoms. The number of para-hydroxylation sites is 1. The number of esters is 1. The summed E-state index contributed by atoms with van der Waals surface area (Å²) >= 11 is 0. The van der Waals surface area contributed by atoms with E-state index in [2.05, 4.69) is 10.6 Å². The van der Waals surface area contributed by atoms with Crippen molar-refractivity contribution in [1.82, 2.24) is 9.88 Å². The number of hydrogen-bond donors (Lipinski definition) is 2. The van der Waals surface area contributed by atoms with Gasteiger partial charge in [-0.15, -0.1) is 0 Å². The van der Waals surface area contributed by atoms with Crippen molar-refractivity contribution < 1.29 is 27.5 Å². The molecule has 6 nitrogen and oxygen atoms in total. The van der Waals surface area contributed by atoms with E-state index in [0.29, 0.717) is 28.9 Å². The molecule has 0 spiro atoms. The average molecular weight is 510 g/mol. The van der Waals surface area contributed by atoms with Crippen molar-refractivity contribution in [3.05, 3.63) is 95.2 Å². The van der Waals surface area contributed by atoms with Crippen LogP contribution in [0.2, 0.25) is 0 Å². The number of carbonyl (C=O) groups is 2. The van der Waals surface area contributed by atoms with Gasteiger partial charge in [-0.2, -0.15) is 13.2 Å². The lowest BCUT2D eigenvalue weighted by atomic mass is 10.1. The van der Waals surface area contributed by atoms with Gasteiger partial charge in [-0.1, -0.05) is 36.4 Å². The highest BCUT2D eigenvalue weighted by Gasteiger charge is 2.31. The minimum Gasteiger partial charge on any atom is -0.465 e. The number of aryl methyl sites for hydroxylation is 1. The second kappa shape index (κ2) is 10.4. The van der Waals surface area contributed by atoms with Gasteiger partial charge in [-0.25, -0.2) is 4.79 Å². The number of halogens is 3. The number of benzene rings is 3. The Morgan fingerprint density at radius 1 is 1.00 bits per heavy atom. The van der Waals surface area contributed by atoms with E-state index in [9.17, 15) is 22.8 Å². The van der Waals surface area contributed by atoms with Crippen molar-refractivity contribution in [2.24, 2.45) is 0 Å². The van der Waals surface area contributed by atoms with Gasteiger partial charge in [0.1, 0.15) is 5.69 Å². The number of nitrogens with one attached hydrogen (secondary N) is 2. The van der Waals surface area contributed by atoms with Gasteiger partial charge in [0.25, 0.3) is 5.91 Å². The van der Waals surface area contributed by atoms with Crippen LogP contribution in [-0.2, 0) is 17.5 Å². The summed E-state index contributed by atoms with van der Waals surface area (Å²) in [7, 11) is 1.30. The number of ether oxygens (including phenoxy) is 1. The Morgan fingerprint density at radius 3 is 2.35 bits per heavy atom. The van der Waals surface area contributed by atoms with Gasteiger partial charge in [0, 0.05) is 17.6 Å². The van der Waals surface area contributed by atoms with Gasteiger partial charge in [0.15, 0.2) is 0 Å². The Bertz CT molecular complexity index is 1440. The molecular weight excluding hydrogens is 483 g/mol. The summed E-state index contributed by atoms with van der Waals surface area (Å²) in [4.78, 5) is 25.3. The molecule has 0 fully saturated rings. The number of anilines is 2. The number of amides is 1. The molecule has 1 amide bonds. The summed E-state index contributed by atoms with van der Waals surface area (Å²) in [5.41, 5.74) is 2.10. The Kier molecular flexibility index (Phi) is 7.24. The fourth-order valence-electron chi connectivity index (χ4n) is 4.29. The van der Waals surface area contributed by atoms with Crippen molar-refractivity contribution in [2.45, 2.75) is 32.6 Å². The molecular formula is C28H26F3N3O3. The molecule has 9 heteroatoms. The molecule has 0 saturated heterocycles. The summed E-state index contributed by atoms with van der Waals surface area (Å²) in [6.07, 6.45) is -4.49. The Labute approximate surface area is 212 Å². The summed E-state index contributed by atoms with van der Waals surface area (Å²) in [5, 5.41) is 6.76. The first-order valence-electron chi connectivity index (χ1n) is 11.7. The number of rotatable bonds is 7. The van der Waals surface area contributed by atoms with Crippen LogP contribution >= 0.6 is 0 Å². The summed E-state index contributed by atoms with van der Waals surface area (Å²) < 4.78 is 46.4.